The number of ether oxygens (including phenoxy) is 1. The van der Waals surface area contributed by atoms with Crippen LogP contribution in [0.5, 0.6) is 5.75 Å². The van der Waals surface area contributed by atoms with Gasteiger partial charge in [-0.05, 0) is 17.5 Å². The van der Waals surface area contributed by atoms with Gasteiger partial charge in [0.05, 0.1) is 12.7 Å². The molecule has 0 radical (unpaired) electrons. The molecular weight excluding hydrogens is 204 g/mol. The van der Waals surface area contributed by atoms with Crippen molar-refractivity contribution >= 4 is 0 Å². The molecule has 0 saturated carbocycles. The molecule has 0 saturated heterocycles. The summed E-state index contributed by atoms with van der Waals surface area (Å²) in [4.78, 5) is 0. The number of methoxy groups -OCH3 is 1. The Kier molecular flexibility index (Phi) is 2.90. The van der Waals surface area contributed by atoms with Crippen molar-refractivity contribution in [1.82, 2.24) is 10.2 Å². The highest BCUT2D eigenvalue weighted by atomic mass is 16.5. The van der Waals surface area contributed by atoms with E-state index in [9.17, 15) is 0 Å². The molecule has 1 heterocycles. The first kappa shape index (κ1) is 10.7. The zero-order valence-corrected chi connectivity index (χ0v) is 9.60. The van der Waals surface area contributed by atoms with E-state index in [1.807, 2.05) is 18.2 Å². The Hall–Kier alpha value is -1.84. The van der Waals surface area contributed by atoms with Gasteiger partial charge in [0.25, 0.3) is 5.89 Å². The fraction of sp³-hybridized carbons (Fsp3) is 0.333. The van der Waals surface area contributed by atoms with Gasteiger partial charge in [0.1, 0.15) is 5.75 Å². The molecule has 0 aliphatic heterocycles. The van der Waals surface area contributed by atoms with E-state index in [4.69, 9.17) is 9.15 Å². The molecule has 0 aliphatic rings. The van der Waals surface area contributed by atoms with Gasteiger partial charge in [0.2, 0.25) is 6.39 Å². The fourth-order valence-electron chi connectivity index (χ4n) is 1.70. The maximum absolute atomic E-state index is 5.43. The molecule has 2 aromatic rings. The normalized spacial score (nSPS) is 10.8. The van der Waals surface area contributed by atoms with Gasteiger partial charge in [-0.25, -0.2) is 0 Å². The summed E-state index contributed by atoms with van der Waals surface area (Å²) >= 11 is 0. The van der Waals surface area contributed by atoms with Crippen LogP contribution >= 0.6 is 0 Å². The summed E-state index contributed by atoms with van der Waals surface area (Å²) < 4.78 is 10.6. The SMILES string of the molecule is COc1c(-c2nnco2)cccc1C(C)C. The summed E-state index contributed by atoms with van der Waals surface area (Å²) in [5.41, 5.74) is 1.98. The zero-order chi connectivity index (χ0) is 11.5. The van der Waals surface area contributed by atoms with Crippen LogP contribution in [0, 0.1) is 0 Å². The predicted octanol–water partition coefficient (Wildman–Crippen LogP) is 2.87. The Labute approximate surface area is 94.3 Å². The molecular formula is C12H14N2O2. The molecule has 0 bridgehead atoms. The van der Waals surface area contributed by atoms with Gasteiger partial charge >= 0.3 is 0 Å². The molecule has 0 atom stereocenters. The first-order chi connectivity index (χ1) is 7.74. The van der Waals surface area contributed by atoms with Crippen LogP contribution in [-0.4, -0.2) is 17.3 Å². The van der Waals surface area contributed by atoms with Crippen molar-refractivity contribution in [2.24, 2.45) is 0 Å². The van der Waals surface area contributed by atoms with Gasteiger partial charge in [-0.15, -0.1) is 10.2 Å². The maximum Gasteiger partial charge on any atom is 0.251 e. The Morgan fingerprint density at radius 2 is 2.12 bits per heavy atom. The third kappa shape index (κ3) is 1.78. The molecule has 1 aromatic heterocycles. The minimum Gasteiger partial charge on any atom is -0.496 e. The highest BCUT2D eigenvalue weighted by molar-refractivity contribution is 5.65. The molecule has 16 heavy (non-hydrogen) atoms. The Morgan fingerprint density at radius 1 is 1.31 bits per heavy atom. The zero-order valence-electron chi connectivity index (χ0n) is 9.60. The number of hydrogen-bond donors (Lipinski definition) is 0. The lowest BCUT2D eigenvalue weighted by molar-refractivity contribution is 0.407. The van der Waals surface area contributed by atoms with E-state index in [-0.39, 0.29) is 0 Å². The van der Waals surface area contributed by atoms with Crippen molar-refractivity contribution < 1.29 is 9.15 Å². The summed E-state index contributed by atoms with van der Waals surface area (Å²) in [6.45, 7) is 4.24. The molecule has 0 aliphatic carbocycles. The third-order valence-corrected chi connectivity index (χ3v) is 2.46. The van der Waals surface area contributed by atoms with E-state index in [2.05, 4.69) is 24.0 Å². The van der Waals surface area contributed by atoms with Gasteiger partial charge < -0.3 is 9.15 Å². The molecule has 1 aromatic carbocycles. The highest BCUT2D eigenvalue weighted by Crippen LogP contribution is 2.35. The molecule has 84 valence electrons. The van der Waals surface area contributed by atoms with Crippen LogP contribution in [0.2, 0.25) is 0 Å². The van der Waals surface area contributed by atoms with Crippen LogP contribution in [0.3, 0.4) is 0 Å². The van der Waals surface area contributed by atoms with Crippen LogP contribution in [0.15, 0.2) is 29.0 Å². The van der Waals surface area contributed by atoms with Gasteiger partial charge in [-0.3, -0.25) is 0 Å². The summed E-state index contributed by atoms with van der Waals surface area (Å²) in [7, 11) is 1.65. The quantitative estimate of drug-likeness (QED) is 0.794. The van der Waals surface area contributed by atoms with Crippen LogP contribution in [0.4, 0.5) is 0 Å². The van der Waals surface area contributed by atoms with Crippen molar-refractivity contribution in [2.75, 3.05) is 7.11 Å². The van der Waals surface area contributed by atoms with E-state index in [1.165, 1.54) is 6.39 Å². The van der Waals surface area contributed by atoms with Gasteiger partial charge in [-0.2, -0.15) is 0 Å². The minimum absolute atomic E-state index is 0.387. The Balaban J connectivity index is 2.58. The van der Waals surface area contributed by atoms with Crippen molar-refractivity contribution in [2.45, 2.75) is 19.8 Å². The minimum atomic E-state index is 0.387. The molecule has 4 nitrogen and oxygen atoms in total. The molecule has 0 fully saturated rings. The van der Waals surface area contributed by atoms with E-state index in [1.54, 1.807) is 7.11 Å². The van der Waals surface area contributed by atoms with Crippen molar-refractivity contribution in [3.63, 3.8) is 0 Å². The van der Waals surface area contributed by atoms with Crippen molar-refractivity contribution in [1.29, 1.82) is 0 Å². The second kappa shape index (κ2) is 4.35. The molecule has 0 unspecified atom stereocenters. The smallest absolute Gasteiger partial charge is 0.251 e. The third-order valence-electron chi connectivity index (χ3n) is 2.46. The molecule has 0 spiro atoms. The van der Waals surface area contributed by atoms with Gasteiger partial charge in [0, 0.05) is 0 Å². The van der Waals surface area contributed by atoms with Crippen LogP contribution in [-0.2, 0) is 0 Å². The van der Waals surface area contributed by atoms with E-state index < -0.39 is 0 Å². The first-order valence-electron chi connectivity index (χ1n) is 5.17. The topological polar surface area (TPSA) is 48.2 Å². The largest absolute Gasteiger partial charge is 0.496 e. The van der Waals surface area contributed by atoms with E-state index >= 15 is 0 Å². The number of para-hydroxylation sites is 1. The molecule has 0 N–H and O–H groups in total. The van der Waals surface area contributed by atoms with Crippen LogP contribution in [0.25, 0.3) is 11.5 Å². The van der Waals surface area contributed by atoms with Gasteiger partial charge in [-0.1, -0.05) is 26.0 Å². The van der Waals surface area contributed by atoms with Crippen LogP contribution < -0.4 is 4.74 Å². The molecule has 0 amide bonds. The Morgan fingerprint density at radius 3 is 2.69 bits per heavy atom. The molecule has 2 rings (SSSR count). The highest BCUT2D eigenvalue weighted by Gasteiger charge is 2.15. The summed E-state index contributed by atoms with van der Waals surface area (Å²) in [6.07, 6.45) is 1.32. The second-order valence-corrected chi connectivity index (χ2v) is 3.83. The number of hydrogen-bond acceptors (Lipinski definition) is 4. The van der Waals surface area contributed by atoms with E-state index in [0.717, 1.165) is 16.9 Å². The second-order valence-electron chi connectivity index (χ2n) is 3.83. The average Bonchev–Trinajstić information content (AvgIpc) is 2.81. The summed E-state index contributed by atoms with van der Waals surface area (Å²) in [5.74, 6) is 1.68. The fourth-order valence-corrected chi connectivity index (χ4v) is 1.70. The number of nitrogens with zero attached hydrogens (tertiary/aromatic N) is 2. The number of aromatic nitrogens is 2. The first-order valence-corrected chi connectivity index (χ1v) is 5.17. The predicted molar refractivity (Wildman–Crippen MR) is 60.4 cm³/mol. The lowest BCUT2D eigenvalue weighted by Crippen LogP contribution is -1.96. The Bertz CT molecular complexity index is 464. The van der Waals surface area contributed by atoms with Crippen molar-refractivity contribution in [3.8, 4) is 17.2 Å². The lowest BCUT2D eigenvalue weighted by atomic mass is 9.99. The molecule has 4 heteroatoms. The van der Waals surface area contributed by atoms with E-state index in [0.29, 0.717) is 11.8 Å². The van der Waals surface area contributed by atoms with Crippen molar-refractivity contribution in [3.05, 3.63) is 30.2 Å². The van der Waals surface area contributed by atoms with Gasteiger partial charge in [0.15, 0.2) is 0 Å². The summed E-state index contributed by atoms with van der Waals surface area (Å²) in [5, 5.41) is 7.58. The maximum atomic E-state index is 5.43. The standard InChI is InChI=1S/C12H14N2O2/c1-8(2)9-5-4-6-10(11(9)15-3)12-14-13-7-16-12/h4-8H,1-3H3. The monoisotopic (exact) mass is 218 g/mol. The number of rotatable bonds is 3. The van der Waals surface area contributed by atoms with Crippen LogP contribution in [0.1, 0.15) is 25.3 Å². The lowest BCUT2D eigenvalue weighted by Gasteiger charge is -2.13. The average molecular weight is 218 g/mol. The summed E-state index contributed by atoms with van der Waals surface area (Å²) in [6, 6.07) is 5.93. The number of benzene rings is 1.